The van der Waals surface area contributed by atoms with Gasteiger partial charge in [0, 0.05) is 38.6 Å². The van der Waals surface area contributed by atoms with Crippen LogP contribution in [0.15, 0.2) is 79.1 Å². The van der Waals surface area contributed by atoms with Gasteiger partial charge < -0.3 is 5.32 Å². The Morgan fingerprint density at radius 3 is 1.79 bits per heavy atom. The summed E-state index contributed by atoms with van der Waals surface area (Å²) < 4.78 is 38.3. The molecule has 1 aliphatic rings. The summed E-state index contributed by atoms with van der Waals surface area (Å²) in [4.78, 5) is 2.31. The number of benzene rings is 2. The molecule has 0 radical (unpaired) electrons. The average Bonchev–Trinajstić information content (AvgIpc) is 2.77. The number of rotatable bonds is 3. The molecule has 0 spiro atoms. The Labute approximate surface area is 168 Å². The molecule has 2 aromatic carbocycles. The number of aromatic nitrogens is 2. The molecule has 1 saturated heterocycles. The quantitative estimate of drug-likeness (QED) is 0.716. The number of alkyl halides is 3. The lowest BCUT2D eigenvalue weighted by Crippen LogP contribution is -2.45. The summed E-state index contributed by atoms with van der Waals surface area (Å²) in [6, 6.07) is 19.1. The summed E-state index contributed by atoms with van der Waals surface area (Å²) in [5, 5.41) is 10.4. The highest BCUT2D eigenvalue weighted by Gasteiger charge is 2.31. The number of hydrogen-bond acceptors (Lipinski definition) is 4. The van der Waals surface area contributed by atoms with Crippen LogP contribution in [0.2, 0.25) is 0 Å². The van der Waals surface area contributed by atoms with E-state index in [0.717, 1.165) is 37.3 Å². The van der Waals surface area contributed by atoms with Crippen molar-refractivity contribution in [1.82, 2.24) is 20.4 Å². The largest absolute Gasteiger partial charge is 0.416 e. The maximum atomic E-state index is 12.8. The predicted octanol–water partition coefficient (Wildman–Crippen LogP) is 4.18. The van der Waals surface area contributed by atoms with Gasteiger partial charge in [0.2, 0.25) is 0 Å². The molecule has 1 N–H and O–H groups in total. The molecule has 4 nitrogen and oxygen atoms in total. The van der Waals surface area contributed by atoms with Gasteiger partial charge in [-0.2, -0.15) is 23.4 Å². The van der Waals surface area contributed by atoms with E-state index in [1.165, 1.54) is 12.1 Å². The minimum absolute atomic E-state index is 0.0133. The van der Waals surface area contributed by atoms with Crippen molar-refractivity contribution in [2.45, 2.75) is 12.2 Å². The Morgan fingerprint density at radius 2 is 1.31 bits per heavy atom. The third kappa shape index (κ3) is 6.10. The minimum Gasteiger partial charge on any atom is -0.314 e. The van der Waals surface area contributed by atoms with Crippen molar-refractivity contribution in [1.29, 1.82) is 0 Å². The molecule has 1 fully saturated rings. The number of nitrogens with zero attached hydrogens (tertiary/aromatic N) is 3. The van der Waals surface area contributed by atoms with Gasteiger partial charge in [-0.15, -0.1) is 0 Å². The van der Waals surface area contributed by atoms with Crippen LogP contribution in [0.5, 0.6) is 0 Å². The van der Waals surface area contributed by atoms with E-state index in [1.54, 1.807) is 24.5 Å². The maximum absolute atomic E-state index is 12.8. The van der Waals surface area contributed by atoms with Crippen LogP contribution < -0.4 is 5.32 Å². The van der Waals surface area contributed by atoms with Gasteiger partial charge >= 0.3 is 6.18 Å². The molecule has 0 amide bonds. The summed E-state index contributed by atoms with van der Waals surface area (Å²) in [6.07, 6.45) is -1.02. The zero-order valence-corrected chi connectivity index (χ0v) is 15.9. The molecule has 2 heterocycles. The molecular formula is C22H23F3N4. The fourth-order valence-electron chi connectivity index (χ4n) is 3.30. The first-order valence-electron chi connectivity index (χ1n) is 9.44. The maximum Gasteiger partial charge on any atom is 0.416 e. The Hall–Kier alpha value is -2.77. The van der Waals surface area contributed by atoms with E-state index in [1.807, 2.05) is 42.5 Å². The van der Waals surface area contributed by atoms with Crippen LogP contribution in [0.4, 0.5) is 13.2 Å². The molecule has 0 saturated carbocycles. The van der Waals surface area contributed by atoms with Crippen LogP contribution in [0.1, 0.15) is 22.7 Å². The van der Waals surface area contributed by atoms with Crippen molar-refractivity contribution in [3.8, 4) is 0 Å². The molecule has 1 unspecified atom stereocenters. The molecule has 4 rings (SSSR count). The highest BCUT2D eigenvalue weighted by Crippen LogP contribution is 2.33. The Morgan fingerprint density at radius 1 is 0.759 bits per heavy atom. The zero-order chi connectivity index (χ0) is 20.5. The van der Waals surface area contributed by atoms with Crippen molar-refractivity contribution in [3.05, 3.63) is 95.8 Å². The van der Waals surface area contributed by atoms with E-state index in [2.05, 4.69) is 20.4 Å². The van der Waals surface area contributed by atoms with Crippen molar-refractivity contribution in [2.75, 3.05) is 26.2 Å². The van der Waals surface area contributed by atoms with Crippen LogP contribution in [-0.4, -0.2) is 41.3 Å². The van der Waals surface area contributed by atoms with Gasteiger partial charge in [0.15, 0.2) is 0 Å². The lowest BCUT2D eigenvalue weighted by molar-refractivity contribution is -0.137. The smallest absolute Gasteiger partial charge is 0.314 e. The average molecular weight is 400 g/mol. The first-order chi connectivity index (χ1) is 14.1. The van der Waals surface area contributed by atoms with Crippen molar-refractivity contribution in [2.24, 2.45) is 0 Å². The van der Waals surface area contributed by atoms with Gasteiger partial charge in [0.1, 0.15) is 0 Å². The number of halogens is 3. The molecule has 1 aromatic heterocycles. The summed E-state index contributed by atoms with van der Waals surface area (Å²) in [7, 11) is 0. The third-order valence-corrected chi connectivity index (χ3v) is 4.67. The Balaban J connectivity index is 0.000000343. The Kier molecular flexibility index (Phi) is 7.32. The normalized spacial score (nSPS) is 15.8. The number of nitrogens with one attached hydrogen (secondary N) is 1. The van der Waals surface area contributed by atoms with Crippen LogP contribution in [0, 0.1) is 0 Å². The SMILES string of the molecule is FC(F)(F)c1ccc(C(c2ccccc2)N2CCNCC2)cc1.c1ccnnc1. The summed E-state index contributed by atoms with van der Waals surface area (Å²) >= 11 is 0. The standard InChI is InChI=1S/C18H19F3N2.C4H4N2/c19-18(20,21)16-8-6-15(7-9-16)17(14-4-2-1-3-5-14)23-12-10-22-11-13-23;1-2-4-6-5-3-1/h1-9,17,22H,10-13H2;1-4H. The molecule has 29 heavy (non-hydrogen) atoms. The van der Waals surface area contributed by atoms with E-state index < -0.39 is 11.7 Å². The van der Waals surface area contributed by atoms with Gasteiger partial charge in [-0.05, 0) is 35.4 Å². The summed E-state index contributed by atoms with van der Waals surface area (Å²) in [6.45, 7) is 3.54. The van der Waals surface area contributed by atoms with E-state index in [9.17, 15) is 13.2 Å². The van der Waals surface area contributed by atoms with Crippen molar-refractivity contribution >= 4 is 0 Å². The summed E-state index contributed by atoms with van der Waals surface area (Å²) in [5.41, 5.74) is 1.40. The van der Waals surface area contributed by atoms with Gasteiger partial charge in [-0.25, -0.2) is 0 Å². The lowest BCUT2D eigenvalue weighted by atomic mass is 9.95. The first-order valence-corrected chi connectivity index (χ1v) is 9.44. The highest BCUT2D eigenvalue weighted by atomic mass is 19.4. The van der Waals surface area contributed by atoms with E-state index >= 15 is 0 Å². The zero-order valence-electron chi connectivity index (χ0n) is 15.9. The summed E-state index contributed by atoms with van der Waals surface area (Å²) in [5.74, 6) is 0. The molecule has 0 aliphatic carbocycles. The second kappa shape index (κ2) is 10.1. The van der Waals surface area contributed by atoms with Gasteiger partial charge in [-0.1, -0.05) is 42.5 Å². The second-order valence-electron chi connectivity index (χ2n) is 6.63. The van der Waals surface area contributed by atoms with E-state index in [0.29, 0.717) is 0 Å². The number of hydrogen-bond donors (Lipinski definition) is 1. The molecule has 7 heteroatoms. The van der Waals surface area contributed by atoms with Crippen molar-refractivity contribution in [3.63, 3.8) is 0 Å². The van der Waals surface area contributed by atoms with Crippen LogP contribution >= 0.6 is 0 Å². The fraction of sp³-hybridized carbons (Fsp3) is 0.273. The monoisotopic (exact) mass is 400 g/mol. The van der Waals surface area contributed by atoms with Gasteiger partial charge in [0.05, 0.1) is 11.6 Å². The molecule has 0 bridgehead atoms. The topological polar surface area (TPSA) is 41.0 Å². The first kappa shape index (κ1) is 21.0. The highest BCUT2D eigenvalue weighted by molar-refractivity contribution is 5.34. The van der Waals surface area contributed by atoms with Gasteiger partial charge in [0.25, 0.3) is 0 Å². The molecule has 3 aromatic rings. The molecule has 1 aliphatic heterocycles. The van der Waals surface area contributed by atoms with Gasteiger partial charge in [-0.3, -0.25) is 4.90 Å². The third-order valence-electron chi connectivity index (χ3n) is 4.67. The van der Waals surface area contributed by atoms with Crippen LogP contribution in [0.25, 0.3) is 0 Å². The minimum atomic E-state index is -4.30. The second-order valence-corrected chi connectivity index (χ2v) is 6.63. The van der Waals surface area contributed by atoms with Crippen molar-refractivity contribution < 1.29 is 13.2 Å². The fourth-order valence-corrected chi connectivity index (χ4v) is 3.30. The van der Waals surface area contributed by atoms with Crippen LogP contribution in [0.3, 0.4) is 0 Å². The Bertz CT molecular complexity index is 807. The number of piperazine rings is 1. The molecule has 152 valence electrons. The predicted molar refractivity (Wildman–Crippen MR) is 106 cm³/mol. The molecule has 1 atom stereocenters. The van der Waals surface area contributed by atoms with E-state index in [-0.39, 0.29) is 6.04 Å². The molecular weight excluding hydrogens is 377 g/mol. The lowest BCUT2D eigenvalue weighted by Gasteiger charge is -2.35. The van der Waals surface area contributed by atoms with E-state index in [4.69, 9.17) is 0 Å². The van der Waals surface area contributed by atoms with Crippen LogP contribution in [-0.2, 0) is 6.18 Å².